The average Bonchev–Trinajstić information content (AvgIpc) is 2.44. The molecule has 2 nitrogen and oxygen atoms in total. The van der Waals surface area contributed by atoms with Crippen molar-refractivity contribution in [2.45, 2.75) is 25.8 Å². The molecule has 1 atom stereocenters. The van der Waals surface area contributed by atoms with Gasteiger partial charge in [0.2, 0.25) is 0 Å². The van der Waals surface area contributed by atoms with Crippen LogP contribution in [0.4, 0.5) is 8.78 Å². The second-order valence-electron chi connectivity index (χ2n) is 4.74. The van der Waals surface area contributed by atoms with Crippen molar-refractivity contribution in [2.24, 2.45) is 0 Å². The molecule has 0 spiro atoms. The third-order valence-corrected chi connectivity index (χ3v) is 3.08. The quantitative estimate of drug-likeness (QED) is 0.871. The zero-order valence-corrected chi connectivity index (χ0v) is 11.4. The fourth-order valence-corrected chi connectivity index (χ4v) is 2.09. The van der Waals surface area contributed by atoms with E-state index < -0.39 is 0 Å². The Morgan fingerprint density at radius 1 is 1.15 bits per heavy atom. The number of nitrogens with one attached hydrogen (secondary N) is 1. The van der Waals surface area contributed by atoms with Gasteiger partial charge in [-0.05, 0) is 49.2 Å². The van der Waals surface area contributed by atoms with Crippen molar-refractivity contribution in [2.75, 3.05) is 6.54 Å². The lowest BCUT2D eigenvalue weighted by Gasteiger charge is -2.18. The van der Waals surface area contributed by atoms with Crippen LogP contribution < -0.4 is 5.32 Å². The maximum absolute atomic E-state index is 13.2. The maximum atomic E-state index is 13.2. The maximum Gasteiger partial charge on any atom is 0.141 e. The van der Waals surface area contributed by atoms with Crippen LogP contribution in [0.2, 0.25) is 0 Å². The van der Waals surface area contributed by atoms with E-state index in [1.165, 1.54) is 24.4 Å². The van der Waals surface area contributed by atoms with Crippen LogP contribution in [0.3, 0.4) is 0 Å². The summed E-state index contributed by atoms with van der Waals surface area (Å²) in [5, 5.41) is 3.37. The molecule has 1 heterocycles. The van der Waals surface area contributed by atoms with Crippen molar-refractivity contribution in [1.82, 2.24) is 10.3 Å². The van der Waals surface area contributed by atoms with E-state index in [4.69, 9.17) is 0 Å². The van der Waals surface area contributed by atoms with Gasteiger partial charge in [-0.1, -0.05) is 19.1 Å². The Kier molecular flexibility index (Phi) is 5.18. The van der Waals surface area contributed by atoms with Crippen molar-refractivity contribution in [3.63, 3.8) is 0 Å². The van der Waals surface area contributed by atoms with E-state index in [1.54, 1.807) is 12.1 Å². The van der Waals surface area contributed by atoms with Gasteiger partial charge in [0.05, 0.1) is 17.9 Å². The van der Waals surface area contributed by atoms with Crippen molar-refractivity contribution in [1.29, 1.82) is 0 Å². The van der Waals surface area contributed by atoms with Crippen LogP contribution in [0.1, 0.15) is 30.6 Å². The molecule has 0 fully saturated rings. The lowest BCUT2D eigenvalue weighted by molar-refractivity contribution is 0.512. The molecule has 2 aromatic rings. The van der Waals surface area contributed by atoms with Crippen LogP contribution in [-0.2, 0) is 6.42 Å². The minimum Gasteiger partial charge on any atom is -0.308 e. The number of rotatable bonds is 6. The molecule has 0 aliphatic rings. The molecule has 1 N–H and O–H groups in total. The lowest BCUT2D eigenvalue weighted by atomic mass is 10.0. The standard InChI is InChI=1S/C16H18F2N2/c1-2-8-19-16(15-7-6-14(18)11-20-15)10-12-4-3-5-13(17)9-12/h3-7,9,11,16,19H,2,8,10H2,1H3. The molecular formula is C16H18F2N2. The number of pyridine rings is 1. The van der Waals surface area contributed by atoms with Gasteiger partial charge in [-0.15, -0.1) is 0 Å². The van der Waals surface area contributed by atoms with Crippen LogP contribution in [0.5, 0.6) is 0 Å². The van der Waals surface area contributed by atoms with E-state index >= 15 is 0 Å². The highest BCUT2D eigenvalue weighted by molar-refractivity contribution is 5.20. The molecule has 0 bridgehead atoms. The summed E-state index contributed by atoms with van der Waals surface area (Å²) in [6.45, 7) is 2.91. The van der Waals surface area contributed by atoms with Crippen molar-refractivity contribution < 1.29 is 8.78 Å². The van der Waals surface area contributed by atoms with E-state index in [0.717, 1.165) is 24.2 Å². The topological polar surface area (TPSA) is 24.9 Å². The van der Waals surface area contributed by atoms with E-state index in [0.29, 0.717) is 6.42 Å². The number of hydrogen-bond donors (Lipinski definition) is 1. The molecule has 0 aliphatic heterocycles. The van der Waals surface area contributed by atoms with Gasteiger partial charge in [0.25, 0.3) is 0 Å². The Balaban J connectivity index is 2.16. The molecule has 0 saturated heterocycles. The fraction of sp³-hybridized carbons (Fsp3) is 0.312. The first kappa shape index (κ1) is 14.6. The zero-order chi connectivity index (χ0) is 14.4. The third kappa shape index (κ3) is 4.10. The molecule has 20 heavy (non-hydrogen) atoms. The Morgan fingerprint density at radius 2 is 2.00 bits per heavy atom. The highest BCUT2D eigenvalue weighted by Crippen LogP contribution is 2.17. The second-order valence-corrected chi connectivity index (χ2v) is 4.74. The summed E-state index contributed by atoms with van der Waals surface area (Å²) >= 11 is 0. The summed E-state index contributed by atoms with van der Waals surface area (Å²) in [5.74, 6) is -0.599. The molecule has 0 amide bonds. The Hall–Kier alpha value is -1.81. The minimum atomic E-state index is -0.353. The zero-order valence-electron chi connectivity index (χ0n) is 11.4. The third-order valence-electron chi connectivity index (χ3n) is 3.08. The van der Waals surface area contributed by atoms with E-state index in [1.807, 2.05) is 6.07 Å². The van der Waals surface area contributed by atoms with Crippen molar-refractivity contribution in [3.8, 4) is 0 Å². The minimum absolute atomic E-state index is 0.0441. The predicted octanol–water partition coefficient (Wildman–Crippen LogP) is 3.64. The average molecular weight is 276 g/mol. The number of hydrogen-bond acceptors (Lipinski definition) is 2. The number of aromatic nitrogens is 1. The highest BCUT2D eigenvalue weighted by Gasteiger charge is 2.13. The first-order valence-electron chi connectivity index (χ1n) is 6.78. The van der Waals surface area contributed by atoms with Gasteiger partial charge in [0.1, 0.15) is 11.6 Å². The van der Waals surface area contributed by atoms with Gasteiger partial charge in [-0.2, -0.15) is 0 Å². The molecule has 106 valence electrons. The van der Waals surface area contributed by atoms with Gasteiger partial charge in [-0.25, -0.2) is 8.78 Å². The summed E-state index contributed by atoms with van der Waals surface area (Å²) in [4.78, 5) is 4.12. The normalized spacial score (nSPS) is 12.3. The van der Waals surface area contributed by atoms with Crippen LogP contribution >= 0.6 is 0 Å². The van der Waals surface area contributed by atoms with Gasteiger partial charge < -0.3 is 5.32 Å². The summed E-state index contributed by atoms with van der Waals surface area (Å²) in [7, 11) is 0. The molecule has 1 aromatic heterocycles. The van der Waals surface area contributed by atoms with Crippen LogP contribution in [0.15, 0.2) is 42.6 Å². The number of benzene rings is 1. The van der Waals surface area contributed by atoms with Crippen molar-refractivity contribution >= 4 is 0 Å². The smallest absolute Gasteiger partial charge is 0.141 e. The summed E-state index contributed by atoms with van der Waals surface area (Å²) < 4.78 is 26.2. The highest BCUT2D eigenvalue weighted by atomic mass is 19.1. The molecule has 0 radical (unpaired) electrons. The Morgan fingerprint density at radius 3 is 2.65 bits per heavy atom. The molecular weight excluding hydrogens is 258 g/mol. The number of halogens is 2. The van der Waals surface area contributed by atoms with Crippen molar-refractivity contribution in [3.05, 3.63) is 65.5 Å². The molecule has 4 heteroatoms. The van der Waals surface area contributed by atoms with E-state index in [2.05, 4.69) is 17.2 Å². The molecule has 0 saturated carbocycles. The summed E-state index contributed by atoms with van der Waals surface area (Å²) in [6, 6.07) is 9.54. The molecule has 1 aromatic carbocycles. The Bertz CT molecular complexity index is 540. The predicted molar refractivity (Wildman–Crippen MR) is 75.3 cm³/mol. The first-order chi connectivity index (χ1) is 9.69. The van der Waals surface area contributed by atoms with Gasteiger partial charge >= 0.3 is 0 Å². The van der Waals surface area contributed by atoms with Gasteiger partial charge in [0.15, 0.2) is 0 Å². The molecule has 1 unspecified atom stereocenters. The van der Waals surface area contributed by atoms with Crippen LogP contribution in [-0.4, -0.2) is 11.5 Å². The van der Waals surface area contributed by atoms with E-state index in [-0.39, 0.29) is 17.7 Å². The first-order valence-corrected chi connectivity index (χ1v) is 6.78. The SMILES string of the molecule is CCCNC(Cc1cccc(F)c1)c1ccc(F)cn1. The van der Waals surface area contributed by atoms with Gasteiger partial charge in [0, 0.05) is 0 Å². The second kappa shape index (κ2) is 7.10. The molecule has 0 aliphatic carbocycles. The van der Waals surface area contributed by atoms with Crippen LogP contribution in [0, 0.1) is 11.6 Å². The molecule has 2 rings (SSSR count). The number of nitrogens with zero attached hydrogens (tertiary/aromatic N) is 1. The van der Waals surface area contributed by atoms with Gasteiger partial charge in [-0.3, -0.25) is 4.98 Å². The fourth-order valence-electron chi connectivity index (χ4n) is 2.09. The Labute approximate surface area is 117 Å². The summed E-state index contributed by atoms with van der Waals surface area (Å²) in [5.41, 5.74) is 1.66. The summed E-state index contributed by atoms with van der Waals surface area (Å²) in [6.07, 6.45) is 2.82. The van der Waals surface area contributed by atoms with E-state index in [9.17, 15) is 8.78 Å². The van der Waals surface area contributed by atoms with Crippen LogP contribution in [0.25, 0.3) is 0 Å². The largest absolute Gasteiger partial charge is 0.308 e. The lowest BCUT2D eigenvalue weighted by Crippen LogP contribution is -2.25. The monoisotopic (exact) mass is 276 g/mol.